The van der Waals surface area contributed by atoms with Crippen LogP contribution < -0.4 is 5.32 Å². The average molecular weight is 374 g/mol. The molecule has 0 aliphatic carbocycles. The van der Waals surface area contributed by atoms with Crippen molar-refractivity contribution in [2.45, 2.75) is 26.3 Å². The van der Waals surface area contributed by atoms with Crippen LogP contribution in [0.3, 0.4) is 0 Å². The van der Waals surface area contributed by atoms with Gasteiger partial charge in [-0.2, -0.15) is 0 Å². The Bertz CT molecular complexity index is 617. The van der Waals surface area contributed by atoms with E-state index in [2.05, 4.69) is 33.2 Å². The first-order valence-corrected chi connectivity index (χ1v) is 7.90. The van der Waals surface area contributed by atoms with Gasteiger partial charge in [-0.05, 0) is 59.1 Å². The monoisotopic (exact) mass is 372 g/mol. The number of hydrogen-bond donors (Lipinski definition) is 1. The molecule has 1 unspecified atom stereocenters. The van der Waals surface area contributed by atoms with Gasteiger partial charge in [-0.1, -0.05) is 36.2 Å². The number of nitrogens with zero attached hydrogens (tertiary/aromatic N) is 1. The van der Waals surface area contributed by atoms with Crippen molar-refractivity contribution in [2.24, 2.45) is 0 Å². The summed E-state index contributed by atoms with van der Waals surface area (Å²) >= 11 is 15.6. The Morgan fingerprint density at radius 2 is 2.00 bits per heavy atom. The third-order valence-corrected chi connectivity index (χ3v) is 4.13. The van der Waals surface area contributed by atoms with Crippen LogP contribution in [0, 0.1) is 6.92 Å². The minimum atomic E-state index is 0.126. The molecule has 0 aliphatic rings. The van der Waals surface area contributed by atoms with Gasteiger partial charge in [0.1, 0.15) is 4.60 Å². The largest absolute Gasteiger partial charge is 0.377 e. The summed E-state index contributed by atoms with van der Waals surface area (Å²) in [5.74, 6) is 0. The van der Waals surface area contributed by atoms with E-state index in [0.717, 1.165) is 28.0 Å². The second-order valence-corrected chi connectivity index (χ2v) is 6.19. The van der Waals surface area contributed by atoms with Crippen LogP contribution in [0.15, 0.2) is 34.9 Å². The third kappa shape index (κ3) is 3.66. The lowest BCUT2D eigenvalue weighted by Crippen LogP contribution is -2.11. The van der Waals surface area contributed by atoms with E-state index in [1.54, 1.807) is 6.07 Å². The van der Waals surface area contributed by atoms with Crippen molar-refractivity contribution >= 4 is 44.8 Å². The van der Waals surface area contributed by atoms with Crippen LogP contribution in [0.5, 0.6) is 0 Å². The summed E-state index contributed by atoms with van der Waals surface area (Å²) in [5, 5.41) is 4.82. The summed E-state index contributed by atoms with van der Waals surface area (Å²) in [7, 11) is 0. The van der Waals surface area contributed by atoms with E-state index in [4.69, 9.17) is 23.2 Å². The lowest BCUT2D eigenvalue weighted by molar-refractivity contribution is 0.747. The van der Waals surface area contributed by atoms with Gasteiger partial charge >= 0.3 is 0 Å². The molecule has 5 heteroatoms. The molecule has 1 atom stereocenters. The number of halogens is 3. The van der Waals surface area contributed by atoms with Gasteiger partial charge in [0.25, 0.3) is 0 Å². The van der Waals surface area contributed by atoms with Crippen LogP contribution in [0.1, 0.15) is 30.6 Å². The highest BCUT2D eigenvalue weighted by molar-refractivity contribution is 9.10. The van der Waals surface area contributed by atoms with Gasteiger partial charge in [-0.3, -0.25) is 0 Å². The smallest absolute Gasteiger partial charge is 0.106 e. The molecular formula is C15H15BrCl2N2. The maximum atomic E-state index is 6.29. The minimum Gasteiger partial charge on any atom is -0.377 e. The fourth-order valence-corrected chi connectivity index (χ4v) is 2.99. The Labute approximate surface area is 137 Å². The molecule has 106 valence electrons. The fourth-order valence-electron chi connectivity index (χ4n) is 2.05. The molecule has 0 spiro atoms. The molecule has 20 heavy (non-hydrogen) atoms. The fraction of sp³-hybridized carbons (Fsp3) is 0.267. The average Bonchev–Trinajstić information content (AvgIpc) is 2.39. The van der Waals surface area contributed by atoms with Crippen LogP contribution in [-0.4, -0.2) is 4.98 Å². The van der Waals surface area contributed by atoms with Gasteiger partial charge in [0.05, 0.1) is 17.4 Å². The van der Waals surface area contributed by atoms with Crippen molar-refractivity contribution < 1.29 is 0 Å². The molecule has 2 aromatic rings. The number of aromatic nitrogens is 1. The molecule has 1 N–H and O–H groups in total. The topological polar surface area (TPSA) is 24.9 Å². The van der Waals surface area contributed by atoms with Crippen molar-refractivity contribution in [1.29, 1.82) is 0 Å². The van der Waals surface area contributed by atoms with E-state index >= 15 is 0 Å². The molecule has 0 radical (unpaired) electrons. The highest BCUT2D eigenvalue weighted by atomic mass is 79.9. The number of anilines is 1. The van der Waals surface area contributed by atoms with Crippen LogP contribution in [-0.2, 0) is 0 Å². The van der Waals surface area contributed by atoms with E-state index < -0.39 is 0 Å². The number of rotatable bonds is 4. The SMILES string of the molecule is CCC(Nc1ccc(Br)nc1C)c1ccc(Cl)cc1Cl. The molecular weight excluding hydrogens is 359 g/mol. The predicted molar refractivity (Wildman–Crippen MR) is 89.8 cm³/mol. The zero-order chi connectivity index (χ0) is 14.7. The van der Waals surface area contributed by atoms with E-state index in [1.807, 2.05) is 31.2 Å². The lowest BCUT2D eigenvalue weighted by Gasteiger charge is -2.21. The molecule has 2 rings (SSSR count). The molecule has 0 saturated carbocycles. The van der Waals surface area contributed by atoms with Crippen molar-refractivity contribution in [3.8, 4) is 0 Å². The highest BCUT2D eigenvalue weighted by Gasteiger charge is 2.14. The summed E-state index contributed by atoms with van der Waals surface area (Å²) < 4.78 is 0.832. The van der Waals surface area contributed by atoms with Crippen LogP contribution in [0.2, 0.25) is 10.0 Å². The standard InChI is InChI=1S/C15H15BrCl2N2/c1-3-13(11-5-4-10(17)8-12(11)18)20-14-6-7-15(16)19-9(14)2/h4-8,13,20H,3H2,1-2H3. The van der Waals surface area contributed by atoms with Gasteiger partial charge < -0.3 is 5.32 Å². The molecule has 0 bridgehead atoms. The molecule has 1 heterocycles. The van der Waals surface area contributed by atoms with E-state index in [9.17, 15) is 0 Å². The first-order valence-electron chi connectivity index (χ1n) is 6.36. The number of hydrogen-bond acceptors (Lipinski definition) is 2. The molecule has 0 saturated heterocycles. The Balaban J connectivity index is 2.28. The summed E-state index contributed by atoms with van der Waals surface area (Å²) in [6, 6.07) is 9.66. The van der Waals surface area contributed by atoms with Crippen molar-refractivity contribution in [2.75, 3.05) is 5.32 Å². The van der Waals surface area contributed by atoms with Crippen molar-refractivity contribution in [1.82, 2.24) is 4.98 Å². The Morgan fingerprint density at radius 1 is 1.25 bits per heavy atom. The summed E-state index contributed by atoms with van der Waals surface area (Å²) in [6.07, 6.45) is 0.914. The lowest BCUT2D eigenvalue weighted by atomic mass is 10.0. The van der Waals surface area contributed by atoms with Crippen LogP contribution >= 0.6 is 39.1 Å². The first-order chi connectivity index (χ1) is 9.51. The molecule has 2 nitrogen and oxygen atoms in total. The van der Waals surface area contributed by atoms with Crippen LogP contribution in [0.4, 0.5) is 5.69 Å². The summed E-state index contributed by atoms with van der Waals surface area (Å²) in [4.78, 5) is 4.39. The summed E-state index contributed by atoms with van der Waals surface area (Å²) in [6.45, 7) is 4.09. The molecule has 1 aromatic heterocycles. The van der Waals surface area contributed by atoms with Gasteiger partial charge in [0, 0.05) is 10.0 Å². The number of pyridine rings is 1. The second kappa shape index (κ2) is 6.79. The predicted octanol–water partition coefficient (Wildman–Crippen LogP) is 6.02. The quantitative estimate of drug-likeness (QED) is 0.662. The zero-order valence-corrected chi connectivity index (χ0v) is 14.4. The molecule has 0 aliphatic heterocycles. The Hall–Kier alpha value is -0.770. The second-order valence-electron chi connectivity index (χ2n) is 4.54. The Morgan fingerprint density at radius 3 is 2.60 bits per heavy atom. The van der Waals surface area contributed by atoms with Crippen molar-refractivity contribution in [3.05, 3.63) is 56.2 Å². The summed E-state index contributed by atoms with van der Waals surface area (Å²) in [5.41, 5.74) is 3.00. The minimum absolute atomic E-state index is 0.126. The molecule has 1 aromatic carbocycles. The molecule has 0 fully saturated rings. The van der Waals surface area contributed by atoms with Crippen LogP contribution in [0.25, 0.3) is 0 Å². The van der Waals surface area contributed by atoms with E-state index in [-0.39, 0.29) is 6.04 Å². The van der Waals surface area contributed by atoms with Gasteiger partial charge in [0.2, 0.25) is 0 Å². The molecule has 0 amide bonds. The van der Waals surface area contributed by atoms with Gasteiger partial charge in [-0.25, -0.2) is 4.98 Å². The van der Waals surface area contributed by atoms with E-state index in [1.165, 1.54) is 0 Å². The third-order valence-electron chi connectivity index (χ3n) is 3.13. The number of nitrogens with one attached hydrogen (secondary N) is 1. The normalized spacial score (nSPS) is 12.2. The highest BCUT2D eigenvalue weighted by Crippen LogP contribution is 2.31. The zero-order valence-electron chi connectivity index (χ0n) is 11.3. The maximum absolute atomic E-state index is 6.29. The van der Waals surface area contributed by atoms with Crippen molar-refractivity contribution in [3.63, 3.8) is 0 Å². The number of aryl methyl sites for hydroxylation is 1. The Kier molecular flexibility index (Phi) is 5.30. The van der Waals surface area contributed by atoms with E-state index in [0.29, 0.717) is 10.0 Å². The maximum Gasteiger partial charge on any atom is 0.106 e. The first kappa shape index (κ1) is 15.6. The van der Waals surface area contributed by atoms with Gasteiger partial charge in [0.15, 0.2) is 0 Å². The number of benzene rings is 1. The van der Waals surface area contributed by atoms with Gasteiger partial charge in [-0.15, -0.1) is 0 Å².